The third kappa shape index (κ3) is 1.32. The predicted octanol–water partition coefficient (Wildman–Crippen LogP) is 2.40. The molecule has 0 saturated carbocycles. The Morgan fingerprint density at radius 3 is 2.69 bits per heavy atom. The molecule has 0 aliphatic carbocycles. The number of fused-ring (bicyclic) bond motifs is 1. The van der Waals surface area contributed by atoms with Gasteiger partial charge in [0.25, 0.3) is 0 Å². The lowest BCUT2D eigenvalue weighted by Gasteiger charge is -2.06. The normalized spacial score (nSPS) is 10.7. The van der Waals surface area contributed by atoms with E-state index in [1.807, 2.05) is 24.6 Å². The third-order valence-electron chi connectivity index (χ3n) is 2.77. The average Bonchev–Trinajstić information content (AvgIpc) is 2.53. The van der Waals surface area contributed by atoms with Crippen molar-refractivity contribution in [3.05, 3.63) is 34.0 Å². The molecule has 0 N–H and O–H groups in total. The number of aryl methyl sites for hydroxylation is 2. The van der Waals surface area contributed by atoms with E-state index in [1.165, 1.54) is 13.2 Å². The van der Waals surface area contributed by atoms with Gasteiger partial charge in [0.05, 0.1) is 17.5 Å². The summed E-state index contributed by atoms with van der Waals surface area (Å²) in [4.78, 5) is 10.4. The number of hydrogen-bond donors (Lipinski definition) is 0. The van der Waals surface area contributed by atoms with Crippen molar-refractivity contribution in [2.75, 3.05) is 7.11 Å². The predicted molar refractivity (Wildman–Crippen MR) is 60.9 cm³/mol. The van der Waals surface area contributed by atoms with Crippen LogP contribution in [0.4, 0.5) is 5.69 Å². The number of methoxy groups -OCH3 is 1. The van der Waals surface area contributed by atoms with Crippen LogP contribution in [-0.4, -0.2) is 16.6 Å². The van der Waals surface area contributed by atoms with Crippen molar-refractivity contribution in [2.24, 2.45) is 7.05 Å². The Morgan fingerprint density at radius 2 is 2.12 bits per heavy atom. The van der Waals surface area contributed by atoms with Crippen LogP contribution in [0.5, 0.6) is 5.75 Å². The summed E-state index contributed by atoms with van der Waals surface area (Å²) in [7, 11) is 3.31. The average molecular weight is 220 g/mol. The molecule has 0 aliphatic heterocycles. The molecule has 84 valence electrons. The van der Waals surface area contributed by atoms with Crippen LogP contribution in [0.25, 0.3) is 10.9 Å². The fraction of sp³-hybridized carbons (Fsp3) is 0.273. The Hall–Kier alpha value is -2.04. The highest BCUT2D eigenvalue weighted by atomic mass is 16.6. The molecule has 16 heavy (non-hydrogen) atoms. The van der Waals surface area contributed by atoms with Gasteiger partial charge < -0.3 is 9.30 Å². The summed E-state index contributed by atoms with van der Waals surface area (Å²) in [6, 6.07) is 5.19. The van der Waals surface area contributed by atoms with Gasteiger partial charge in [0.1, 0.15) is 0 Å². The molecule has 0 aliphatic rings. The van der Waals surface area contributed by atoms with Crippen molar-refractivity contribution < 1.29 is 9.66 Å². The van der Waals surface area contributed by atoms with E-state index in [2.05, 4.69) is 0 Å². The fourth-order valence-corrected chi connectivity index (χ4v) is 1.88. The van der Waals surface area contributed by atoms with Gasteiger partial charge in [-0.15, -0.1) is 0 Å². The first-order chi connectivity index (χ1) is 7.56. The van der Waals surface area contributed by atoms with Crippen LogP contribution in [-0.2, 0) is 7.05 Å². The number of ether oxygens (including phenoxy) is 1. The first kappa shape index (κ1) is 10.5. The van der Waals surface area contributed by atoms with Crippen LogP contribution in [0.1, 0.15) is 5.69 Å². The molecule has 1 aromatic heterocycles. The molecule has 0 radical (unpaired) electrons. The second-order valence-corrected chi connectivity index (χ2v) is 3.66. The van der Waals surface area contributed by atoms with Gasteiger partial charge in [0, 0.05) is 24.2 Å². The minimum absolute atomic E-state index is 0.00352. The van der Waals surface area contributed by atoms with Crippen molar-refractivity contribution >= 4 is 16.6 Å². The molecule has 1 heterocycles. The molecule has 1 aromatic carbocycles. The maximum atomic E-state index is 10.9. The quantitative estimate of drug-likeness (QED) is 0.576. The van der Waals surface area contributed by atoms with Gasteiger partial charge in [0.2, 0.25) is 5.75 Å². The number of rotatable bonds is 2. The Balaban J connectivity index is 2.89. The summed E-state index contributed by atoms with van der Waals surface area (Å²) in [5.41, 5.74) is 1.79. The standard InChI is InChI=1S/C11H12N2O3/c1-7-6-8-4-5-9(13(14)15)11(16-3)10(8)12(7)2/h4-6H,1-3H3. The lowest BCUT2D eigenvalue weighted by molar-refractivity contribution is -0.385. The zero-order valence-electron chi connectivity index (χ0n) is 9.35. The topological polar surface area (TPSA) is 57.3 Å². The first-order valence-corrected chi connectivity index (χ1v) is 4.83. The van der Waals surface area contributed by atoms with Crippen LogP contribution in [0.2, 0.25) is 0 Å². The van der Waals surface area contributed by atoms with E-state index in [0.717, 1.165) is 16.6 Å². The van der Waals surface area contributed by atoms with E-state index in [4.69, 9.17) is 4.74 Å². The van der Waals surface area contributed by atoms with Crippen LogP contribution in [0, 0.1) is 17.0 Å². The molecule has 5 heteroatoms. The highest BCUT2D eigenvalue weighted by molar-refractivity contribution is 5.90. The highest BCUT2D eigenvalue weighted by Crippen LogP contribution is 2.36. The molecular formula is C11H12N2O3. The minimum Gasteiger partial charge on any atom is -0.489 e. The van der Waals surface area contributed by atoms with Crippen molar-refractivity contribution in [1.29, 1.82) is 0 Å². The minimum atomic E-state index is -0.430. The zero-order valence-corrected chi connectivity index (χ0v) is 9.35. The van der Waals surface area contributed by atoms with Gasteiger partial charge >= 0.3 is 5.69 Å². The second-order valence-electron chi connectivity index (χ2n) is 3.66. The van der Waals surface area contributed by atoms with Crippen LogP contribution >= 0.6 is 0 Å². The van der Waals surface area contributed by atoms with Crippen LogP contribution < -0.4 is 4.74 Å². The van der Waals surface area contributed by atoms with Crippen molar-refractivity contribution in [1.82, 2.24) is 4.57 Å². The van der Waals surface area contributed by atoms with E-state index in [-0.39, 0.29) is 5.69 Å². The van der Waals surface area contributed by atoms with E-state index < -0.39 is 4.92 Å². The van der Waals surface area contributed by atoms with Crippen molar-refractivity contribution in [2.45, 2.75) is 6.92 Å². The van der Waals surface area contributed by atoms with Gasteiger partial charge in [0.15, 0.2) is 0 Å². The third-order valence-corrected chi connectivity index (χ3v) is 2.77. The summed E-state index contributed by atoms with van der Waals surface area (Å²) in [6.07, 6.45) is 0. The summed E-state index contributed by atoms with van der Waals surface area (Å²) < 4.78 is 7.04. The highest BCUT2D eigenvalue weighted by Gasteiger charge is 2.20. The van der Waals surface area contributed by atoms with Gasteiger partial charge in [-0.1, -0.05) is 0 Å². The lowest BCUT2D eigenvalue weighted by Crippen LogP contribution is -1.97. The van der Waals surface area contributed by atoms with E-state index >= 15 is 0 Å². The fourth-order valence-electron chi connectivity index (χ4n) is 1.88. The van der Waals surface area contributed by atoms with Gasteiger partial charge in [-0.25, -0.2) is 0 Å². The number of nitro groups is 1. The monoisotopic (exact) mass is 220 g/mol. The summed E-state index contributed by atoms with van der Waals surface area (Å²) in [5, 5.41) is 11.8. The second kappa shape index (κ2) is 3.52. The maximum absolute atomic E-state index is 10.9. The van der Waals surface area contributed by atoms with Gasteiger partial charge in [-0.05, 0) is 19.1 Å². The number of nitro benzene ring substituents is 1. The molecule has 2 aromatic rings. The van der Waals surface area contributed by atoms with Crippen LogP contribution in [0.15, 0.2) is 18.2 Å². The molecule has 0 fully saturated rings. The molecule has 0 amide bonds. The van der Waals surface area contributed by atoms with Gasteiger partial charge in [-0.2, -0.15) is 0 Å². The molecule has 0 atom stereocenters. The molecule has 0 spiro atoms. The Morgan fingerprint density at radius 1 is 1.44 bits per heavy atom. The van der Waals surface area contributed by atoms with Gasteiger partial charge in [-0.3, -0.25) is 10.1 Å². The number of benzene rings is 1. The Labute approximate surface area is 92.4 Å². The Kier molecular flexibility index (Phi) is 2.30. The maximum Gasteiger partial charge on any atom is 0.313 e. The van der Waals surface area contributed by atoms with E-state index in [9.17, 15) is 10.1 Å². The van der Waals surface area contributed by atoms with E-state index in [0.29, 0.717) is 5.75 Å². The summed E-state index contributed by atoms with van der Waals surface area (Å²) >= 11 is 0. The SMILES string of the molecule is COc1c([N+](=O)[O-])ccc2cc(C)n(C)c12. The smallest absolute Gasteiger partial charge is 0.313 e. The summed E-state index contributed by atoms with van der Waals surface area (Å²) in [5.74, 6) is 0.318. The number of nitrogens with zero attached hydrogens (tertiary/aromatic N) is 2. The molecular weight excluding hydrogens is 208 g/mol. The first-order valence-electron chi connectivity index (χ1n) is 4.83. The number of aromatic nitrogens is 1. The molecule has 5 nitrogen and oxygen atoms in total. The van der Waals surface area contributed by atoms with Crippen LogP contribution in [0.3, 0.4) is 0 Å². The molecule has 2 rings (SSSR count). The largest absolute Gasteiger partial charge is 0.489 e. The Bertz CT molecular complexity index is 572. The zero-order chi connectivity index (χ0) is 11.9. The molecule has 0 bridgehead atoms. The summed E-state index contributed by atoms with van der Waals surface area (Å²) in [6.45, 7) is 1.95. The molecule has 0 unspecified atom stereocenters. The van der Waals surface area contributed by atoms with E-state index in [1.54, 1.807) is 6.07 Å². The molecule has 0 saturated heterocycles. The van der Waals surface area contributed by atoms with Crippen molar-refractivity contribution in [3.63, 3.8) is 0 Å². The lowest BCUT2D eigenvalue weighted by atomic mass is 10.2. The number of hydrogen-bond acceptors (Lipinski definition) is 3. The van der Waals surface area contributed by atoms with Crippen molar-refractivity contribution in [3.8, 4) is 5.75 Å².